The van der Waals surface area contributed by atoms with Crippen LogP contribution in [0.3, 0.4) is 0 Å². The van der Waals surface area contributed by atoms with Crippen molar-refractivity contribution in [3.8, 4) is 0 Å². The van der Waals surface area contributed by atoms with E-state index in [9.17, 15) is 4.79 Å². The molecule has 2 rings (SSSR count). The molecule has 128 valence electrons. The number of nitrogens with two attached hydrogens (primary N) is 1. The van der Waals surface area contributed by atoms with Crippen LogP contribution in [0.25, 0.3) is 0 Å². The van der Waals surface area contributed by atoms with Crippen LogP contribution in [0, 0.1) is 0 Å². The average Bonchev–Trinajstić information content (AvgIpc) is 2.74. The zero-order valence-corrected chi connectivity index (χ0v) is 15.4. The van der Waals surface area contributed by atoms with Gasteiger partial charge in [-0.3, -0.25) is 9.69 Å². The molecular weight excluding hydrogens is 347 g/mol. The van der Waals surface area contributed by atoms with Gasteiger partial charge in [0.15, 0.2) is 5.13 Å². The molecule has 2 unspecified atom stereocenters. The van der Waals surface area contributed by atoms with Gasteiger partial charge in [0.1, 0.15) is 0 Å². The number of hydrogen-bond donors (Lipinski definition) is 2. The van der Waals surface area contributed by atoms with Crippen molar-refractivity contribution >= 4 is 47.2 Å². The van der Waals surface area contributed by atoms with Gasteiger partial charge in [-0.1, -0.05) is 0 Å². The zero-order valence-electron chi connectivity index (χ0n) is 12.9. The van der Waals surface area contributed by atoms with Gasteiger partial charge >= 0.3 is 0 Å². The van der Waals surface area contributed by atoms with Crippen LogP contribution < -0.4 is 11.1 Å². The lowest BCUT2D eigenvalue weighted by Gasteiger charge is -2.34. The van der Waals surface area contributed by atoms with Crippen LogP contribution in [0.5, 0.6) is 0 Å². The number of morpholine rings is 1. The fourth-order valence-electron chi connectivity index (χ4n) is 2.30. The molecule has 1 saturated heterocycles. The summed E-state index contributed by atoms with van der Waals surface area (Å²) in [6, 6.07) is -0.525. The Balaban J connectivity index is 0.00000220. The van der Waals surface area contributed by atoms with E-state index < -0.39 is 6.04 Å². The Kier molecular flexibility index (Phi) is 9.45. The molecule has 0 aliphatic carbocycles. The minimum Gasteiger partial charge on any atom is -0.373 e. The van der Waals surface area contributed by atoms with Crippen molar-refractivity contribution in [1.29, 1.82) is 0 Å². The van der Waals surface area contributed by atoms with Crippen LogP contribution in [-0.2, 0) is 16.1 Å². The summed E-state index contributed by atoms with van der Waals surface area (Å²) >= 11 is 1.43. The van der Waals surface area contributed by atoms with Gasteiger partial charge in [0, 0.05) is 25.0 Å². The van der Waals surface area contributed by atoms with Crippen LogP contribution in [0.1, 0.15) is 26.5 Å². The van der Waals surface area contributed by atoms with Gasteiger partial charge in [-0.05, 0) is 20.8 Å². The third-order valence-corrected chi connectivity index (χ3v) is 3.88. The first kappa shape index (κ1) is 21.6. The molecule has 1 amide bonds. The van der Waals surface area contributed by atoms with Gasteiger partial charge < -0.3 is 15.8 Å². The minimum atomic E-state index is -0.525. The number of carbonyl (C=O) groups excluding carboxylic acids is 1. The highest BCUT2D eigenvalue weighted by Gasteiger charge is 2.22. The lowest BCUT2D eigenvalue weighted by Crippen LogP contribution is -2.44. The molecule has 1 aliphatic heterocycles. The second kappa shape index (κ2) is 9.64. The SMILES string of the molecule is CC1CN(Cc2csc(NC(=O)[C@@H](C)N)n2)CC(C)O1.Cl.Cl. The van der Waals surface area contributed by atoms with Crippen molar-refractivity contribution < 1.29 is 9.53 Å². The summed E-state index contributed by atoms with van der Waals surface area (Å²) in [5.41, 5.74) is 6.48. The first-order valence-corrected chi connectivity index (χ1v) is 7.70. The van der Waals surface area contributed by atoms with Crippen LogP contribution in [0.2, 0.25) is 0 Å². The monoisotopic (exact) mass is 370 g/mol. The molecule has 0 spiro atoms. The van der Waals surface area contributed by atoms with Crippen molar-refractivity contribution in [1.82, 2.24) is 9.88 Å². The number of hydrogen-bond acceptors (Lipinski definition) is 6. The predicted molar refractivity (Wildman–Crippen MR) is 94.2 cm³/mol. The van der Waals surface area contributed by atoms with E-state index >= 15 is 0 Å². The van der Waals surface area contributed by atoms with Crippen molar-refractivity contribution in [3.63, 3.8) is 0 Å². The molecule has 0 bridgehead atoms. The summed E-state index contributed by atoms with van der Waals surface area (Å²) in [5.74, 6) is -0.209. The molecule has 1 fully saturated rings. The number of nitrogens with zero attached hydrogens (tertiary/aromatic N) is 2. The van der Waals surface area contributed by atoms with E-state index in [0.29, 0.717) is 5.13 Å². The normalized spacial score (nSPS) is 23.1. The first-order chi connectivity index (χ1) is 9.44. The van der Waals surface area contributed by atoms with Gasteiger partial charge in [-0.25, -0.2) is 4.98 Å². The number of anilines is 1. The molecule has 1 aliphatic rings. The fraction of sp³-hybridized carbons (Fsp3) is 0.692. The number of ether oxygens (including phenoxy) is 1. The highest BCUT2D eigenvalue weighted by Crippen LogP contribution is 2.19. The Hall–Kier alpha value is -0.440. The highest BCUT2D eigenvalue weighted by atomic mass is 35.5. The standard InChI is InChI=1S/C13H22N4O2S.2ClH/c1-8-4-17(5-9(2)19-8)6-11-7-20-13(15-11)16-12(18)10(3)14;;/h7-10H,4-6,14H2,1-3H3,(H,15,16,18);2*1H/t8?,9?,10-;;/m1../s1. The summed E-state index contributed by atoms with van der Waals surface area (Å²) in [4.78, 5) is 18.3. The molecule has 3 N–H and O–H groups in total. The Morgan fingerprint density at radius 3 is 2.64 bits per heavy atom. The van der Waals surface area contributed by atoms with E-state index in [4.69, 9.17) is 10.5 Å². The number of aromatic nitrogens is 1. The van der Waals surface area contributed by atoms with E-state index in [-0.39, 0.29) is 42.9 Å². The molecule has 3 atom stereocenters. The smallest absolute Gasteiger partial charge is 0.242 e. The number of nitrogens with one attached hydrogen (secondary N) is 1. The second-order valence-electron chi connectivity index (χ2n) is 5.37. The third-order valence-electron chi connectivity index (χ3n) is 3.08. The van der Waals surface area contributed by atoms with E-state index in [1.807, 2.05) is 5.38 Å². The van der Waals surface area contributed by atoms with Gasteiger partial charge in [-0.2, -0.15) is 0 Å². The number of halogens is 2. The van der Waals surface area contributed by atoms with E-state index in [0.717, 1.165) is 25.3 Å². The summed E-state index contributed by atoms with van der Waals surface area (Å²) in [7, 11) is 0. The number of amides is 1. The third kappa shape index (κ3) is 6.36. The van der Waals surface area contributed by atoms with Gasteiger partial charge in [-0.15, -0.1) is 36.2 Å². The van der Waals surface area contributed by atoms with Crippen molar-refractivity contribution in [2.75, 3.05) is 18.4 Å². The van der Waals surface area contributed by atoms with Crippen LogP contribution in [-0.4, -0.2) is 47.1 Å². The quantitative estimate of drug-likeness (QED) is 0.845. The molecule has 0 aromatic carbocycles. The maximum absolute atomic E-state index is 11.5. The maximum Gasteiger partial charge on any atom is 0.242 e. The van der Waals surface area contributed by atoms with E-state index in [1.54, 1.807) is 6.92 Å². The first-order valence-electron chi connectivity index (χ1n) is 6.82. The Morgan fingerprint density at radius 2 is 2.09 bits per heavy atom. The highest BCUT2D eigenvalue weighted by molar-refractivity contribution is 7.13. The molecule has 0 radical (unpaired) electrons. The molecule has 1 aromatic heterocycles. The topological polar surface area (TPSA) is 80.5 Å². The molecule has 6 nitrogen and oxygen atoms in total. The fourth-order valence-corrected chi connectivity index (χ4v) is 3.00. The number of rotatable bonds is 4. The van der Waals surface area contributed by atoms with E-state index in [2.05, 4.69) is 29.0 Å². The summed E-state index contributed by atoms with van der Waals surface area (Å²) in [6.45, 7) is 8.41. The van der Waals surface area contributed by atoms with Crippen LogP contribution >= 0.6 is 36.2 Å². The molecule has 22 heavy (non-hydrogen) atoms. The lowest BCUT2D eigenvalue weighted by atomic mass is 10.2. The largest absolute Gasteiger partial charge is 0.373 e. The lowest BCUT2D eigenvalue weighted by molar-refractivity contribution is -0.117. The molecule has 0 saturated carbocycles. The van der Waals surface area contributed by atoms with Crippen molar-refractivity contribution in [3.05, 3.63) is 11.1 Å². The zero-order chi connectivity index (χ0) is 14.7. The van der Waals surface area contributed by atoms with Crippen molar-refractivity contribution in [2.24, 2.45) is 5.73 Å². The van der Waals surface area contributed by atoms with Crippen LogP contribution in [0.15, 0.2) is 5.38 Å². The predicted octanol–water partition coefficient (Wildman–Crippen LogP) is 1.88. The average molecular weight is 371 g/mol. The van der Waals surface area contributed by atoms with Gasteiger partial charge in [0.2, 0.25) is 5.91 Å². The Labute approximate surface area is 147 Å². The molecule has 2 heterocycles. The minimum absolute atomic E-state index is 0. The molecule has 1 aromatic rings. The summed E-state index contributed by atoms with van der Waals surface area (Å²) in [5, 5.41) is 5.30. The number of thiazole rings is 1. The Morgan fingerprint density at radius 1 is 1.50 bits per heavy atom. The number of carbonyl (C=O) groups is 1. The molecule has 9 heteroatoms. The van der Waals surface area contributed by atoms with Crippen LogP contribution in [0.4, 0.5) is 5.13 Å². The van der Waals surface area contributed by atoms with Gasteiger partial charge in [0.25, 0.3) is 0 Å². The molecular formula is C13H24Cl2N4O2S. The second-order valence-corrected chi connectivity index (χ2v) is 6.23. The maximum atomic E-state index is 11.5. The van der Waals surface area contributed by atoms with Crippen molar-refractivity contribution in [2.45, 2.75) is 45.6 Å². The summed E-state index contributed by atoms with van der Waals surface area (Å²) < 4.78 is 5.71. The summed E-state index contributed by atoms with van der Waals surface area (Å²) in [6.07, 6.45) is 0.490. The van der Waals surface area contributed by atoms with E-state index in [1.165, 1.54) is 11.3 Å². The van der Waals surface area contributed by atoms with Gasteiger partial charge in [0.05, 0.1) is 23.9 Å². The Bertz CT molecular complexity index is 463.